The molecule has 1 fully saturated rings. The van der Waals surface area contributed by atoms with Crippen LogP contribution in [0, 0.1) is 0 Å². The van der Waals surface area contributed by atoms with E-state index in [4.69, 9.17) is 0 Å². The number of nitrogens with zero attached hydrogens (tertiary/aromatic N) is 1. The van der Waals surface area contributed by atoms with Crippen molar-refractivity contribution in [1.82, 2.24) is 15.2 Å². The molecule has 20 heavy (non-hydrogen) atoms. The van der Waals surface area contributed by atoms with Crippen LogP contribution in [-0.4, -0.2) is 29.5 Å². The summed E-state index contributed by atoms with van der Waals surface area (Å²) in [6.07, 6.45) is 5.43. The maximum atomic E-state index is 12.1. The Hall–Kier alpha value is -1.30. The predicted molar refractivity (Wildman–Crippen MR) is 80.7 cm³/mol. The summed E-state index contributed by atoms with van der Waals surface area (Å²) in [6.45, 7) is 3.05. The summed E-state index contributed by atoms with van der Waals surface area (Å²) in [5.74, 6) is -0.142. The van der Waals surface area contributed by atoms with Crippen LogP contribution >= 0.6 is 15.9 Å². The number of amides is 2. The second kappa shape index (κ2) is 6.92. The molecule has 1 aliphatic rings. The molecular weight excluding hydrogens is 322 g/mol. The van der Waals surface area contributed by atoms with E-state index in [9.17, 15) is 9.59 Å². The summed E-state index contributed by atoms with van der Waals surface area (Å²) in [5, 5.41) is 5.59. The lowest BCUT2D eigenvalue weighted by Crippen LogP contribution is -2.31. The van der Waals surface area contributed by atoms with E-state index in [-0.39, 0.29) is 11.8 Å². The van der Waals surface area contributed by atoms with Gasteiger partial charge >= 0.3 is 0 Å². The number of aromatic nitrogens is 1. The van der Waals surface area contributed by atoms with Gasteiger partial charge in [-0.3, -0.25) is 9.59 Å². The standard InChI is InChI=1S/C14H20BrN3O2/c1-2-6-16-13(19)5-7-17-14(20)12-8-10(15)9-18(12)11-3-4-11/h8-9,11H,2-7H2,1H3,(H,16,19)(H,17,20). The lowest BCUT2D eigenvalue weighted by molar-refractivity contribution is -0.120. The molecule has 0 aliphatic heterocycles. The molecule has 0 unspecified atom stereocenters. The molecule has 110 valence electrons. The zero-order valence-corrected chi connectivity index (χ0v) is 13.2. The highest BCUT2D eigenvalue weighted by Crippen LogP contribution is 2.37. The third-order valence-corrected chi connectivity index (χ3v) is 3.63. The molecule has 1 saturated carbocycles. The minimum Gasteiger partial charge on any atom is -0.356 e. The zero-order chi connectivity index (χ0) is 14.5. The molecule has 0 bridgehead atoms. The van der Waals surface area contributed by atoms with Crippen molar-refractivity contribution in [1.29, 1.82) is 0 Å². The third kappa shape index (κ3) is 4.10. The Bertz CT molecular complexity index is 495. The van der Waals surface area contributed by atoms with Crippen LogP contribution in [0.2, 0.25) is 0 Å². The second-order valence-corrected chi connectivity index (χ2v) is 5.95. The van der Waals surface area contributed by atoms with Gasteiger partial charge in [0.1, 0.15) is 5.69 Å². The summed E-state index contributed by atoms with van der Waals surface area (Å²) in [5.41, 5.74) is 0.661. The van der Waals surface area contributed by atoms with Gasteiger partial charge in [-0.15, -0.1) is 0 Å². The van der Waals surface area contributed by atoms with E-state index in [1.165, 1.54) is 0 Å². The van der Waals surface area contributed by atoms with E-state index in [0.717, 1.165) is 23.7 Å². The molecule has 6 heteroatoms. The fourth-order valence-corrected chi connectivity index (χ4v) is 2.45. The number of nitrogens with one attached hydrogen (secondary N) is 2. The Kier molecular flexibility index (Phi) is 5.23. The number of halogens is 1. The first kappa shape index (κ1) is 15.1. The van der Waals surface area contributed by atoms with Crippen LogP contribution in [0.1, 0.15) is 49.1 Å². The molecular formula is C14H20BrN3O2. The average molecular weight is 342 g/mol. The van der Waals surface area contributed by atoms with Crippen LogP contribution in [0.3, 0.4) is 0 Å². The maximum absolute atomic E-state index is 12.1. The molecule has 0 saturated heterocycles. The summed E-state index contributed by atoms with van der Waals surface area (Å²) in [6, 6.07) is 2.28. The van der Waals surface area contributed by atoms with Crippen LogP contribution in [0.15, 0.2) is 16.7 Å². The monoisotopic (exact) mass is 341 g/mol. The highest BCUT2D eigenvalue weighted by molar-refractivity contribution is 9.10. The van der Waals surface area contributed by atoms with E-state index in [0.29, 0.717) is 31.2 Å². The smallest absolute Gasteiger partial charge is 0.267 e. The van der Waals surface area contributed by atoms with Gasteiger partial charge in [0.05, 0.1) is 0 Å². The Balaban J connectivity index is 1.81. The lowest BCUT2D eigenvalue weighted by Gasteiger charge is -2.08. The van der Waals surface area contributed by atoms with E-state index in [1.807, 2.05) is 23.8 Å². The van der Waals surface area contributed by atoms with Crippen molar-refractivity contribution < 1.29 is 9.59 Å². The van der Waals surface area contributed by atoms with Gasteiger partial charge < -0.3 is 15.2 Å². The lowest BCUT2D eigenvalue weighted by atomic mass is 10.3. The fraction of sp³-hybridized carbons (Fsp3) is 0.571. The zero-order valence-electron chi connectivity index (χ0n) is 11.6. The summed E-state index contributed by atoms with van der Waals surface area (Å²) in [4.78, 5) is 23.6. The molecule has 2 rings (SSSR count). The van der Waals surface area contributed by atoms with E-state index in [2.05, 4.69) is 26.6 Å². The molecule has 1 aliphatic carbocycles. The second-order valence-electron chi connectivity index (χ2n) is 5.04. The molecule has 2 N–H and O–H groups in total. The van der Waals surface area contributed by atoms with Gasteiger partial charge in [0, 0.05) is 36.2 Å². The van der Waals surface area contributed by atoms with Crippen LogP contribution in [0.25, 0.3) is 0 Å². The van der Waals surface area contributed by atoms with Gasteiger partial charge in [-0.2, -0.15) is 0 Å². The van der Waals surface area contributed by atoms with Gasteiger partial charge in [-0.05, 0) is 41.3 Å². The molecule has 1 aromatic heterocycles. The number of carbonyl (C=O) groups excluding carboxylic acids is 2. The largest absolute Gasteiger partial charge is 0.356 e. The van der Waals surface area contributed by atoms with Crippen LogP contribution in [0.5, 0.6) is 0 Å². The van der Waals surface area contributed by atoms with Crippen molar-refractivity contribution in [2.75, 3.05) is 13.1 Å². The summed E-state index contributed by atoms with van der Waals surface area (Å²) < 4.78 is 2.92. The third-order valence-electron chi connectivity index (χ3n) is 3.20. The topological polar surface area (TPSA) is 63.1 Å². The van der Waals surface area contributed by atoms with Gasteiger partial charge in [0.2, 0.25) is 5.91 Å². The van der Waals surface area contributed by atoms with Gasteiger partial charge in [-0.1, -0.05) is 6.92 Å². The summed E-state index contributed by atoms with van der Waals surface area (Å²) in [7, 11) is 0. The van der Waals surface area contributed by atoms with Crippen molar-refractivity contribution in [2.24, 2.45) is 0 Å². The van der Waals surface area contributed by atoms with E-state index >= 15 is 0 Å². The molecule has 1 aromatic rings. The minimum absolute atomic E-state index is 0.0223. The first-order valence-electron chi connectivity index (χ1n) is 7.04. The van der Waals surface area contributed by atoms with Crippen molar-refractivity contribution >= 4 is 27.7 Å². The quantitative estimate of drug-likeness (QED) is 0.798. The molecule has 0 atom stereocenters. The molecule has 0 aromatic carbocycles. The molecule has 5 nitrogen and oxygen atoms in total. The Morgan fingerprint density at radius 2 is 2.10 bits per heavy atom. The van der Waals surface area contributed by atoms with Gasteiger partial charge in [0.15, 0.2) is 0 Å². The predicted octanol–water partition coefficient (Wildman–Crippen LogP) is 2.23. The normalized spacial score (nSPS) is 14.1. The first-order valence-corrected chi connectivity index (χ1v) is 7.83. The first-order chi connectivity index (χ1) is 9.61. The summed E-state index contributed by atoms with van der Waals surface area (Å²) >= 11 is 3.40. The van der Waals surface area contributed by atoms with Crippen molar-refractivity contribution in [2.45, 2.75) is 38.6 Å². The van der Waals surface area contributed by atoms with Crippen molar-refractivity contribution in [3.8, 4) is 0 Å². The highest BCUT2D eigenvalue weighted by Gasteiger charge is 2.27. The van der Waals surface area contributed by atoms with Gasteiger partial charge in [-0.25, -0.2) is 0 Å². The molecule has 1 heterocycles. The Labute approximate surface area is 127 Å². The Morgan fingerprint density at radius 3 is 2.75 bits per heavy atom. The molecule has 2 amide bonds. The van der Waals surface area contributed by atoms with Crippen LogP contribution in [0.4, 0.5) is 0 Å². The fourth-order valence-electron chi connectivity index (χ4n) is 2.02. The van der Waals surface area contributed by atoms with E-state index in [1.54, 1.807) is 0 Å². The number of rotatable bonds is 7. The highest BCUT2D eigenvalue weighted by atomic mass is 79.9. The van der Waals surface area contributed by atoms with Gasteiger partial charge in [0.25, 0.3) is 5.91 Å². The van der Waals surface area contributed by atoms with Crippen LogP contribution in [-0.2, 0) is 4.79 Å². The maximum Gasteiger partial charge on any atom is 0.267 e. The number of carbonyl (C=O) groups is 2. The molecule has 0 radical (unpaired) electrons. The average Bonchev–Trinajstić information content (AvgIpc) is 3.19. The minimum atomic E-state index is -0.120. The van der Waals surface area contributed by atoms with Crippen molar-refractivity contribution in [3.63, 3.8) is 0 Å². The molecule has 0 spiro atoms. The van der Waals surface area contributed by atoms with Crippen LogP contribution < -0.4 is 10.6 Å². The van der Waals surface area contributed by atoms with Crippen molar-refractivity contribution in [3.05, 3.63) is 22.4 Å². The number of hydrogen-bond acceptors (Lipinski definition) is 2. The SMILES string of the molecule is CCCNC(=O)CCNC(=O)c1cc(Br)cn1C1CC1. The Morgan fingerprint density at radius 1 is 1.35 bits per heavy atom. The van der Waals surface area contributed by atoms with E-state index < -0.39 is 0 Å². The number of hydrogen-bond donors (Lipinski definition) is 2.